The molecule has 3 heterocycles. The number of thiazole rings is 1. The molecular formula is C15H24N4S. The van der Waals surface area contributed by atoms with E-state index in [1.165, 1.54) is 30.8 Å². The van der Waals surface area contributed by atoms with Crippen molar-refractivity contribution in [2.75, 3.05) is 11.4 Å². The lowest BCUT2D eigenvalue weighted by atomic mass is 10.1. The second-order valence-electron chi connectivity index (χ2n) is 5.61. The van der Waals surface area contributed by atoms with Gasteiger partial charge in [-0.2, -0.15) is 0 Å². The van der Waals surface area contributed by atoms with Gasteiger partial charge in [0, 0.05) is 30.2 Å². The average molecular weight is 292 g/mol. The molecule has 2 unspecified atom stereocenters. The van der Waals surface area contributed by atoms with Crippen molar-refractivity contribution in [3.05, 3.63) is 17.3 Å². The molecule has 1 N–H and O–H groups in total. The van der Waals surface area contributed by atoms with Crippen molar-refractivity contribution < 1.29 is 0 Å². The first kappa shape index (κ1) is 13.9. The summed E-state index contributed by atoms with van der Waals surface area (Å²) in [6.45, 7) is 8.66. The van der Waals surface area contributed by atoms with Crippen LogP contribution in [0.25, 0.3) is 4.96 Å². The summed E-state index contributed by atoms with van der Waals surface area (Å²) in [7, 11) is 0. The summed E-state index contributed by atoms with van der Waals surface area (Å²) in [5, 5.41) is 5.58. The van der Waals surface area contributed by atoms with Crippen molar-refractivity contribution in [1.82, 2.24) is 14.7 Å². The Morgan fingerprint density at radius 1 is 1.40 bits per heavy atom. The van der Waals surface area contributed by atoms with Crippen molar-refractivity contribution in [2.45, 2.75) is 58.7 Å². The van der Waals surface area contributed by atoms with Gasteiger partial charge in [0.1, 0.15) is 0 Å². The van der Waals surface area contributed by atoms with E-state index in [1.54, 1.807) is 11.3 Å². The molecule has 4 nitrogen and oxygen atoms in total. The highest BCUT2D eigenvalue weighted by Gasteiger charge is 2.33. The molecular weight excluding hydrogens is 268 g/mol. The minimum Gasteiger partial charge on any atom is -0.349 e. The van der Waals surface area contributed by atoms with Crippen molar-refractivity contribution in [2.24, 2.45) is 0 Å². The number of rotatable bonds is 5. The molecule has 2 atom stereocenters. The second-order valence-corrected chi connectivity index (χ2v) is 6.49. The maximum Gasteiger partial charge on any atom is 0.195 e. The Kier molecular flexibility index (Phi) is 3.98. The third kappa shape index (κ3) is 2.23. The molecule has 0 aliphatic carbocycles. The van der Waals surface area contributed by atoms with E-state index in [0.29, 0.717) is 12.1 Å². The highest BCUT2D eigenvalue weighted by Crippen LogP contribution is 2.34. The van der Waals surface area contributed by atoms with Gasteiger partial charge in [0.15, 0.2) is 10.8 Å². The summed E-state index contributed by atoms with van der Waals surface area (Å²) in [5.74, 6) is 1.20. The summed E-state index contributed by atoms with van der Waals surface area (Å²) >= 11 is 1.72. The zero-order valence-corrected chi connectivity index (χ0v) is 13.4. The molecule has 1 fully saturated rings. The number of hydrogen-bond donors (Lipinski definition) is 1. The van der Waals surface area contributed by atoms with Crippen LogP contribution < -0.4 is 10.2 Å². The van der Waals surface area contributed by atoms with Crippen LogP contribution in [0.15, 0.2) is 11.6 Å². The third-order valence-corrected chi connectivity index (χ3v) is 5.14. The molecule has 1 aliphatic heterocycles. The maximum absolute atomic E-state index is 4.92. The number of nitrogens with zero attached hydrogens (tertiary/aromatic N) is 3. The first-order valence-electron chi connectivity index (χ1n) is 7.69. The molecule has 0 saturated carbocycles. The Hall–Kier alpha value is -1.07. The predicted octanol–water partition coefficient (Wildman–Crippen LogP) is 3.27. The highest BCUT2D eigenvalue weighted by molar-refractivity contribution is 7.15. The Labute approximate surface area is 124 Å². The zero-order valence-electron chi connectivity index (χ0n) is 12.6. The molecule has 5 heteroatoms. The van der Waals surface area contributed by atoms with Gasteiger partial charge in [-0.3, -0.25) is 4.40 Å². The van der Waals surface area contributed by atoms with E-state index in [-0.39, 0.29) is 0 Å². The van der Waals surface area contributed by atoms with Crippen molar-refractivity contribution in [3.63, 3.8) is 0 Å². The lowest BCUT2D eigenvalue weighted by molar-refractivity contribution is 0.614. The van der Waals surface area contributed by atoms with Gasteiger partial charge in [-0.25, -0.2) is 4.98 Å². The fourth-order valence-electron chi connectivity index (χ4n) is 3.29. The topological polar surface area (TPSA) is 32.6 Å². The van der Waals surface area contributed by atoms with E-state index >= 15 is 0 Å². The van der Waals surface area contributed by atoms with Gasteiger partial charge in [0.25, 0.3) is 0 Å². The molecule has 3 rings (SSSR count). The van der Waals surface area contributed by atoms with E-state index in [0.717, 1.165) is 18.1 Å². The van der Waals surface area contributed by atoms with Gasteiger partial charge in [0.05, 0.1) is 5.69 Å². The van der Waals surface area contributed by atoms with E-state index in [9.17, 15) is 0 Å². The highest BCUT2D eigenvalue weighted by atomic mass is 32.1. The van der Waals surface area contributed by atoms with E-state index in [2.05, 4.69) is 47.0 Å². The number of imidazole rings is 1. The molecule has 0 spiro atoms. The van der Waals surface area contributed by atoms with Crippen LogP contribution in [0.2, 0.25) is 0 Å². The van der Waals surface area contributed by atoms with E-state index < -0.39 is 0 Å². The van der Waals surface area contributed by atoms with Crippen LogP contribution in [0.4, 0.5) is 5.82 Å². The molecule has 1 saturated heterocycles. The number of hydrogen-bond acceptors (Lipinski definition) is 4. The monoisotopic (exact) mass is 292 g/mol. The number of nitrogens with one attached hydrogen (secondary N) is 1. The SMILES string of the molecule is CCNCc1c(N2C(C)CCC2CC)nc2sccn12. The first-order valence-corrected chi connectivity index (χ1v) is 8.57. The van der Waals surface area contributed by atoms with Gasteiger partial charge in [-0.05, 0) is 32.7 Å². The molecule has 2 aromatic heterocycles. The van der Waals surface area contributed by atoms with Gasteiger partial charge >= 0.3 is 0 Å². The standard InChI is InChI=1S/C15H24N4S/c1-4-12-7-6-11(3)19(12)14-13(10-16-5-2)18-8-9-20-15(18)17-14/h8-9,11-12,16H,4-7,10H2,1-3H3. The molecule has 0 aromatic carbocycles. The van der Waals surface area contributed by atoms with Gasteiger partial charge < -0.3 is 10.2 Å². The van der Waals surface area contributed by atoms with Crippen LogP contribution in [0.5, 0.6) is 0 Å². The zero-order chi connectivity index (χ0) is 14.1. The Bertz CT molecular complexity index is 573. The smallest absolute Gasteiger partial charge is 0.195 e. The van der Waals surface area contributed by atoms with Crippen molar-refractivity contribution in [1.29, 1.82) is 0 Å². The summed E-state index contributed by atoms with van der Waals surface area (Å²) in [4.78, 5) is 8.60. The average Bonchev–Trinajstić information content (AvgIpc) is 3.10. The molecule has 0 amide bonds. The molecule has 1 aliphatic rings. The Balaban J connectivity index is 2.02. The van der Waals surface area contributed by atoms with E-state index in [1.807, 2.05) is 0 Å². The van der Waals surface area contributed by atoms with Gasteiger partial charge in [0.2, 0.25) is 0 Å². The largest absolute Gasteiger partial charge is 0.349 e. The molecule has 110 valence electrons. The quantitative estimate of drug-likeness (QED) is 0.918. The molecule has 20 heavy (non-hydrogen) atoms. The molecule has 2 aromatic rings. The van der Waals surface area contributed by atoms with Gasteiger partial charge in [-0.15, -0.1) is 11.3 Å². The number of fused-ring (bicyclic) bond motifs is 1. The number of anilines is 1. The summed E-state index contributed by atoms with van der Waals surface area (Å²) in [6.07, 6.45) is 5.93. The van der Waals surface area contributed by atoms with Gasteiger partial charge in [-0.1, -0.05) is 13.8 Å². The lowest BCUT2D eigenvalue weighted by Crippen LogP contribution is -2.35. The molecule has 0 radical (unpaired) electrons. The summed E-state index contributed by atoms with van der Waals surface area (Å²) in [6, 6.07) is 1.25. The van der Waals surface area contributed by atoms with Crippen LogP contribution in [-0.2, 0) is 6.54 Å². The van der Waals surface area contributed by atoms with Crippen molar-refractivity contribution in [3.8, 4) is 0 Å². The summed E-state index contributed by atoms with van der Waals surface area (Å²) in [5.41, 5.74) is 1.32. The fraction of sp³-hybridized carbons (Fsp3) is 0.667. The van der Waals surface area contributed by atoms with Crippen LogP contribution in [-0.4, -0.2) is 28.0 Å². The Morgan fingerprint density at radius 3 is 3.00 bits per heavy atom. The van der Waals surface area contributed by atoms with E-state index in [4.69, 9.17) is 4.98 Å². The van der Waals surface area contributed by atoms with Crippen molar-refractivity contribution >= 4 is 22.1 Å². The lowest BCUT2D eigenvalue weighted by Gasteiger charge is -2.29. The van der Waals surface area contributed by atoms with Crippen LogP contribution in [0, 0.1) is 0 Å². The molecule has 0 bridgehead atoms. The van der Waals surface area contributed by atoms with Crippen LogP contribution in [0.1, 0.15) is 45.7 Å². The Morgan fingerprint density at radius 2 is 2.25 bits per heavy atom. The number of aromatic nitrogens is 2. The first-order chi connectivity index (χ1) is 9.76. The van der Waals surface area contributed by atoms with Crippen LogP contribution in [0.3, 0.4) is 0 Å². The minimum absolute atomic E-state index is 0.602. The normalized spacial score (nSPS) is 23.1. The van der Waals surface area contributed by atoms with Crippen LogP contribution >= 0.6 is 11.3 Å². The summed E-state index contributed by atoms with van der Waals surface area (Å²) < 4.78 is 2.25. The predicted molar refractivity (Wildman–Crippen MR) is 85.7 cm³/mol. The third-order valence-electron chi connectivity index (χ3n) is 4.38. The fourth-order valence-corrected chi connectivity index (χ4v) is 4.02. The maximum atomic E-state index is 4.92. The minimum atomic E-state index is 0.602. The second kappa shape index (κ2) is 5.74.